The number of ether oxygens (including phenoxy) is 1. The Labute approximate surface area is 88.3 Å². The monoisotopic (exact) mass is 212 g/mol. The maximum atomic E-state index is 7.49. The van der Waals surface area contributed by atoms with Crippen LogP contribution in [0, 0.1) is 5.41 Å². The van der Waals surface area contributed by atoms with Gasteiger partial charge >= 0.3 is 0 Å². The van der Waals surface area contributed by atoms with Crippen LogP contribution in [0.25, 0.3) is 0 Å². The first kappa shape index (κ1) is 10.9. The van der Waals surface area contributed by atoms with Crippen molar-refractivity contribution in [3.8, 4) is 5.75 Å². The van der Waals surface area contributed by atoms with E-state index in [4.69, 9.17) is 27.5 Å². The Hall–Kier alpha value is -1.22. The van der Waals surface area contributed by atoms with E-state index in [1.54, 1.807) is 25.1 Å². The zero-order chi connectivity index (χ0) is 10.6. The number of halogens is 1. The van der Waals surface area contributed by atoms with Crippen LogP contribution in [0.3, 0.4) is 0 Å². The molecule has 0 aliphatic rings. The third kappa shape index (κ3) is 2.64. The van der Waals surface area contributed by atoms with Gasteiger partial charge in [-0.25, -0.2) is 0 Å². The number of rotatable bonds is 4. The molecule has 0 aliphatic heterocycles. The number of benzene rings is 1. The van der Waals surface area contributed by atoms with Gasteiger partial charge in [0, 0.05) is 17.0 Å². The molecule has 0 heterocycles. The fourth-order valence-electron chi connectivity index (χ4n) is 1.11. The fourth-order valence-corrected chi connectivity index (χ4v) is 1.18. The first-order valence-electron chi connectivity index (χ1n) is 4.29. The van der Waals surface area contributed by atoms with E-state index in [0.29, 0.717) is 35.2 Å². The van der Waals surface area contributed by atoms with Gasteiger partial charge < -0.3 is 15.9 Å². The highest BCUT2D eigenvalue weighted by molar-refractivity contribution is 6.18. The molecule has 0 amide bonds. The van der Waals surface area contributed by atoms with E-state index in [1.165, 1.54) is 0 Å². The second-order valence-corrected chi connectivity index (χ2v) is 3.29. The van der Waals surface area contributed by atoms with Crippen LogP contribution in [0.15, 0.2) is 18.2 Å². The maximum absolute atomic E-state index is 7.49. The van der Waals surface area contributed by atoms with Crippen molar-refractivity contribution in [1.82, 2.24) is 0 Å². The molecule has 0 radical (unpaired) electrons. The molecule has 1 rings (SSSR count). The van der Waals surface area contributed by atoms with Crippen LogP contribution >= 0.6 is 11.6 Å². The molecule has 3 N–H and O–H groups in total. The van der Waals surface area contributed by atoms with E-state index in [1.807, 2.05) is 0 Å². The summed E-state index contributed by atoms with van der Waals surface area (Å²) in [6, 6.07) is 5.26. The number of anilines is 1. The summed E-state index contributed by atoms with van der Waals surface area (Å²) >= 11 is 5.49. The quantitative estimate of drug-likeness (QED) is 0.457. The molecule has 0 saturated carbocycles. The van der Waals surface area contributed by atoms with Crippen molar-refractivity contribution in [2.75, 3.05) is 18.2 Å². The number of alkyl halides is 1. The van der Waals surface area contributed by atoms with Gasteiger partial charge in [0.15, 0.2) is 0 Å². The van der Waals surface area contributed by atoms with E-state index < -0.39 is 0 Å². The first-order chi connectivity index (χ1) is 6.65. The van der Waals surface area contributed by atoms with Crippen LogP contribution in [0.4, 0.5) is 5.69 Å². The molecule has 3 nitrogen and oxygen atoms in total. The number of hydrogen-bond acceptors (Lipinski definition) is 3. The minimum absolute atomic E-state index is 0.429. The Kier molecular flexibility index (Phi) is 3.77. The molecule has 1 aromatic carbocycles. The molecule has 0 fully saturated rings. The van der Waals surface area contributed by atoms with E-state index in [-0.39, 0.29) is 0 Å². The van der Waals surface area contributed by atoms with Gasteiger partial charge in [-0.05, 0) is 25.1 Å². The third-order valence-electron chi connectivity index (χ3n) is 1.77. The Morgan fingerprint density at radius 1 is 1.57 bits per heavy atom. The molecule has 0 atom stereocenters. The summed E-state index contributed by atoms with van der Waals surface area (Å²) in [4.78, 5) is 0. The lowest BCUT2D eigenvalue weighted by Crippen LogP contribution is -2.02. The van der Waals surface area contributed by atoms with Crippen LogP contribution in [0.5, 0.6) is 5.75 Å². The van der Waals surface area contributed by atoms with Crippen LogP contribution < -0.4 is 10.5 Å². The molecule has 0 aliphatic carbocycles. The van der Waals surface area contributed by atoms with Gasteiger partial charge in [0.2, 0.25) is 0 Å². The lowest BCUT2D eigenvalue weighted by Gasteiger charge is -2.08. The molecule has 0 unspecified atom stereocenters. The Bertz CT molecular complexity index is 339. The van der Waals surface area contributed by atoms with Gasteiger partial charge in [-0.15, -0.1) is 11.6 Å². The molecule has 0 aromatic heterocycles. The molecule has 1 aromatic rings. The zero-order valence-electron chi connectivity index (χ0n) is 8.01. The Balaban J connectivity index is 2.89. The van der Waals surface area contributed by atoms with Gasteiger partial charge in [0.1, 0.15) is 12.4 Å². The van der Waals surface area contributed by atoms with Crippen molar-refractivity contribution in [3.05, 3.63) is 23.8 Å². The highest BCUT2D eigenvalue weighted by atomic mass is 35.5. The van der Waals surface area contributed by atoms with Crippen molar-refractivity contribution in [3.63, 3.8) is 0 Å². The largest absolute Gasteiger partial charge is 0.492 e. The summed E-state index contributed by atoms with van der Waals surface area (Å²) in [5, 5.41) is 7.49. The topological polar surface area (TPSA) is 59.1 Å². The van der Waals surface area contributed by atoms with Gasteiger partial charge in [-0.3, -0.25) is 0 Å². The number of nitrogens with one attached hydrogen (secondary N) is 1. The highest BCUT2D eigenvalue weighted by Gasteiger charge is 2.03. The lowest BCUT2D eigenvalue weighted by molar-refractivity contribution is 0.343. The van der Waals surface area contributed by atoms with Crippen molar-refractivity contribution in [1.29, 1.82) is 5.41 Å². The Morgan fingerprint density at radius 2 is 2.29 bits per heavy atom. The minimum atomic E-state index is 0.429. The van der Waals surface area contributed by atoms with Crippen molar-refractivity contribution in [2.45, 2.75) is 6.92 Å². The summed E-state index contributed by atoms with van der Waals surface area (Å²) in [7, 11) is 0. The first-order valence-corrected chi connectivity index (χ1v) is 4.82. The maximum Gasteiger partial charge on any atom is 0.120 e. The summed E-state index contributed by atoms with van der Waals surface area (Å²) in [5.74, 6) is 1.14. The van der Waals surface area contributed by atoms with Crippen LogP contribution in [0.2, 0.25) is 0 Å². The number of nitrogen functional groups attached to an aromatic ring is 1. The fraction of sp³-hybridized carbons (Fsp3) is 0.300. The van der Waals surface area contributed by atoms with Gasteiger partial charge in [0.05, 0.1) is 5.88 Å². The summed E-state index contributed by atoms with van der Waals surface area (Å²) in [5.41, 5.74) is 7.42. The van der Waals surface area contributed by atoms with E-state index >= 15 is 0 Å². The average molecular weight is 213 g/mol. The van der Waals surface area contributed by atoms with Crippen molar-refractivity contribution < 1.29 is 4.74 Å². The third-order valence-corrected chi connectivity index (χ3v) is 1.93. The molecule has 76 valence electrons. The van der Waals surface area contributed by atoms with Crippen LogP contribution in [0.1, 0.15) is 12.5 Å². The van der Waals surface area contributed by atoms with Gasteiger partial charge in [-0.2, -0.15) is 0 Å². The van der Waals surface area contributed by atoms with E-state index in [2.05, 4.69) is 0 Å². The predicted octanol–water partition coefficient (Wildman–Crippen LogP) is 2.27. The van der Waals surface area contributed by atoms with Crippen LogP contribution in [-0.2, 0) is 0 Å². The highest BCUT2D eigenvalue weighted by Crippen LogP contribution is 2.20. The summed E-state index contributed by atoms with van der Waals surface area (Å²) < 4.78 is 5.32. The average Bonchev–Trinajstić information content (AvgIpc) is 2.16. The second-order valence-electron chi connectivity index (χ2n) is 2.91. The van der Waals surface area contributed by atoms with Gasteiger partial charge in [0.25, 0.3) is 0 Å². The van der Waals surface area contributed by atoms with Crippen molar-refractivity contribution >= 4 is 23.0 Å². The molecule has 0 saturated heterocycles. The van der Waals surface area contributed by atoms with Crippen LogP contribution in [-0.4, -0.2) is 18.2 Å². The smallest absolute Gasteiger partial charge is 0.120 e. The molecule has 4 heteroatoms. The lowest BCUT2D eigenvalue weighted by atomic mass is 10.1. The molecule has 14 heavy (non-hydrogen) atoms. The molecule has 0 spiro atoms. The summed E-state index contributed by atoms with van der Waals surface area (Å²) in [6.07, 6.45) is 0. The Morgan fingerprint density at radius 3 is 2.86 bits per heavy atom. The molecular weight excluding hydrogens is 200 g/mol. The standard InChI is InChI=1S/C10H13ClN2O/c1-7(12)9-6-8(14-5-4-11)2-3-10(9)13/h2-3,6,12H,4-5,13H2,1H3. The van der Waals surface area contributed by atoms with E-state index in [0.717, 1.165) is 0 Å². The summed E-state index contributed by atoms with van der Waals surface area (Å²) in [6.45, 7) is 2.15. The van der Waals surface area contributed by atoms with Gasteiger partial charge in [-0.1, -0.05) is 0 Å². The van der Waals surface area contributed by atoms with Crippen molar-refractivity contribution in [2.24, 2.45) is 0 Å². The number of hydrogen-bond donors (Lipinski definition) is 2. The van der Waals surface area contributed by atoms with E-state index in [9.17, 15) is 0 Å². The molecule has 0 bridgehead atoms. The number of nitrogens with two attached hydrogens (primary N) is 1. The zero-order valence-corrected chi connectivity index (χ0v) is 8.77. The normalized spacial score (nSPS) is 9.86. The predicted molar refractivity (Wildman–Crippen MR) is 59.6 cm³/mol. The SMILES string of the molecule is CC(=N)c1cc(OCCCl)ccc1N. The molecular formula is C10H13ClN2O. The second kappa shape index (κ2) is 4.86. The minimum Gasteiger partial charge on any atom is -0.492 e.